The fourth-order valence-electron chi connectivity index (χ4n) is 7.64. The van der Waals surface area contributed by atoms with Crippen molar-refractivity contribution in [3.8, 4) is 34.4 Å². The number of piperidine rings is 2. The summed E-state index contributed by atoms with van der Waals surface area (Å²) in [5, 5.41) is 28.9. The maximum atomic E-state index is 12.1. The molecule has 1 aromatic heterocycles. The molecular weight excluding hydrogens is 732 g/mol. The molecule has 1 unspecified atom stereocenters. The molecule has 2 aliphatic heterocycles. The highest BCUT2D eigenvalue weighted by Gasteiger charge is 2.29. The Morgan fingerprint density at radius 3 is 2.34 bits per heavy atom. The van der Waals surface area contributed by atoms with E-state index in [0.717, 1.165) is 83.6 Å². The normalized spacial score (nSPS) is 16.6. The molecule has 0 aliphatic carbocycles. The number of pyridine rings is 1. The van der Waals surface area contributed by atoms with Gasteiger partial charge in [0.15, 0.2) is 0 Å². The monoisotopic (exact) mass is 780 g/mol. The molecule has 2 fully saturated rings. The number of carboxylic acids is 2. The third kappa shape index (κ3) is 10.2. The van der Waals surface area contributed by atoms with Crippen LogP contribution in [0.25, 0.3) is 11.1 Å². The molecular formula is C44H49ClN4O7. The van der Waals surface area contributed by atoms with Crippen LogP contribution in [0.1, 0.15) is 71.9 Å². The lowest BCUT2D eigenvalue weighted by molar-refractivity contribution is -0.145. The number of hydrogen-bond donors (Lipinski definition) is 2. The van der Waals surface area contributed by atoms with Crippen LogP contribution in [0.4, 0.5) is 0 Å². The van der Waals surface area contributed by atoms with Crippen molar-refractivity contribution in [1.82, 2.24) is 14.8 Å². The van der Waals surface area contributed by atoms with Crippen molar-refractivity contribution in [2.24, 2.45) is 5.92 Å². The van der Waals surface area contributed by atoms with E-state index in [1.165, 1.54) is 6.20 Å². The van der Waals surface area contributed by atoms with E-state index in [-0.39, 0.29) is 19.1 Å². The van der Waals surface area contributed by atoms with E-state index in [9.17, 15) is 25.1 Å². The van der Waals surface area contributed by atoms with Gasteiger partial charge in [-0.25, -0.2) is 0 Å². The fourth-order valence-corrected chi connectivity index (χ4v) is 7.88. The zero-order chi connectivity index (χ0) is 39.6. The second kappa shape index (κ2) is 19.1. The molecule has 3 aromatic carbocycles. The quantitative estimate of drug-likeness (QED) is 0.107. The van der Waals surface area contributed by atoms with Gasteiger partial charge in [0.2, 0.25) is 0 Å². The smallest absolute Gasteiger partial charge is 0.320 e. The average Bonchev–Trinajstić information content (AvgIpc) is 3.20. The Hall–Kier alpha value is -5.15. The number of carboxylic acid groups (broad SMARTS) is 2. The highest BCUT2D eigenvalue weighted by atomic mass is 35.5. The highest BCUT2D eigenvalue weighted by Crippen LogP contribution is 2.37. The van der Waals surface area contributed by atoms with Gasteiger partial charge in [0, 0.05) is 42.7 Å². The summed E-state index contributed by atoms with van der Waals surface area (Å²) in [7, 11) is 0. The fraction of sp³-hybridized carbons (Fsp3) is 0.409. The number of nitriles is 1. The largest absolute Gasteiger partial charge is 0.493 e. The number of halogens is 1. The molecule has 4 aromatic rings. The molecule has 12 heteroatoms. The lowest BCUT2D eigenvalue weighted by atomic mass is 9.93. The number of nitrogens with zero attached hydrogens (tertiary/aromatic N) is 4. The van der Waals surface area contributed by atoms with Gasteiger partial charge in [-0.15, -0.1) is 0 Å². The highest BCUT2D eigenvalue weighted by molar-refractivity contribution is 6.32. The number of aliphatic carboxylic acids is 2. The molecule has 1 atom stereocenters. The van der Waals surface area contributed by atoms with Crippen LogP contribution in [-0.4, -0.2) is 75.8 Å². The summed E-state index contributed by atoms with van der Waals surface area (Å²) >= 11 is 6.86. The van der Waals surface area contributed by atoms with E-state index in [1.54, 1.807) is 24.4 Å². The lowest BCUT2D eigenvalue weighted by Gasteiger charge is -2.33. The molecule has 0 spiro atoms. The van der Waals surface area contributed by atoms with Crippen LogP contribution in [0.15, 0.2) is 67.0 Å². The van der Waals surface area contributed by atoms with Crippen molar-refractivity contribution in [2.45, 2.75) is 78.2 Å². The third-order valence-electron chi connectivity index (χ3n) is 10.9. The number of carbonyl (C=O) groups is 2. The number of benzene rings is 3. The molecule has 0 amide bonds. The Balaban J connectivity index is 1.15. The number of aromatic nitrogens is 1. The van der Waals surface area contributed by atoms with Crippen molar-refractivity contribution < 1.29 is 34.0 Å². The first-order chi connectivity index (χ1) is 27.1. The van der Waals surface area contributed by atoms with Gasteiger partial charge >= 0.3 is 11.9 Å². The Kier molecular flexibility index (Phi) is 13.8. The minimum Gasteiger partial charge on any atom is -0.493 e. The summed E-state index contributed by atoms with van der Waals surface area (Å²) in [6, 6.07) is 19.0. The first-order valence-electron chi connectivity index (χ1n) is 19.3. The van der Waals surface area contributed by atoms with Crippen molar-refractivity contribution in [3.05, 3.63) is 105 Å². The predicted molar refractivity (Wildman–Crippen MR) is 213 cm³/mol. The standard InChI is InChI=1S/C44H49ClN4O7/c1-29-34(8-5-9-36(29)37-10-6-12-40(30(37)2)54-19-7-15-48-17-13-33(14-18-48)43(50)51)28-56-42-22-41(55-27-32-20-31(23-46)24-47-25-32)35(21-38(42)45)26-49-16-4-3-11-39(49)44(52)53/h5-6,8-10,12,20-22,24-25,33,39H,3-4,7,11,13-19,26-28H2,1-2H3,(H,50,51)(H,52,53). The van der Waals surface area contributed by atoms with Crippen molar-refractivity contribution in [1.29, 1.82) is 5.26 Å². The molecule has 294 valence electrons. The lowest BCUT2D eigenvalue weighted by Crippen LogP contribution is -2.44. The molecule has 2 aliphatic rings. The Labute approximate surface area is 333 Å². The van der Waals surface area contributed by atoms with Crippen LogP contribution in [-0.2, 0) is 29.3 Å². The van der Waals surface area contributed by atoms with Gasteiger partial charge in [-0.05, 0) is 112 Å². The van der Waals surface area contributed by atoms with E-state index < -0.39 is 18.0 Å². The van der Waals surface area contributed by atoms with Gasteiger partial charge in [-0.2, -0.15) is 5.26 Å². The van der Waals surface area contributed by atoms with Crippen LogP contribution in [0.5, 0.6) is 17.2 Å². The van der Waals surface area contributed by atoms with Crippen molar-refractivity contribution in [3.63, 3.8) is 0 Å². The molecule has 11 nitrogen and oxygen atoms in total. The second-order valence-electron chi connectivity index (χ2n) is 14.7. The molecule has 0 saturated carbocycles. The second-order valence-corrected chi connectivity index (χ2v) is 15.1. The van der Waals surface area contributed by atoms with Crippen molar-refractivity contribution >= 4 is 23.5 Å². The first-order valence-corrected chi connectivity index (χ1v) is 19.6. The van der Waals surface area contributed by atoms with Gasteiger partial charge in [-0.3, -0.25) is 19.5 Å². The van der Waals surface area contributed by atoms with E-state index in [0.29, 0.717) is 61.0 Å². The molecule has 2 N–H and O–H groups in total. The zero-order valence-corrected chi connectivity index (χ0v) is 32.8. The molecule has 2 saturated heterocycles. The van der Waals surface area contributed by atoms with Gasteiger partial charge in [0.05, 0.1) is 23.1 Å². The Morgan fingerprint density at radius 2 is 1.59 bits per heavy atom. The molecule has 0 bridgehead atoms. The summed E-state index contributed by atoms with van der Waals surface area (Å²) in [5.41, 5.74) is 7.14. The van der Waals surface area contributed by atoms with E-state index in [2.05, 4.69) is 41.9 Å². The maximum Gasteiger partial charge on any atom is 0.320 e. The average molecular weight is 781 g/mol. The van der Waals surface area contributed by atoms with E-state index in [1.807, 2.05) is 29.2 Å². The SMILES string of the molecule is Cc1c(COc2cc(OCc3cncc(C#N)c3)c(CN3CCCCC3C(=O)O)cc2Cl)cccc1-c1cccc(OCCCN2CCC(C(=O)O)CC2)c1C. The van der Waals surface area contributed by atoms with Gasteiger partial charge in [-0.1, -0.05) is 48.4 Å². The molecule has 6 rings (SSSR count). The van der Waals surface area contributed by atoms with Gasteiger partial charge in [0.1, 0.15) is 42.6 Å². The summed E-state index contributed by atoms with van der Waals surface area (Å²) in [6.45, 7) is 8.61. The maximum absolute atomic E-state index is 12.1. The van der Waals surface area contributed by atoms with Crippen LogP contribution in [0.2, 0.25) is 5.02 Å². The Morgan fingerprint density at radius 1 is 0.839 bits per heavy atom. The third-order valence-corrected chi connectivity index (χ3v) is 11.2. The van der Waals surface area contributed by atoms with Gasteiger partial charge < -0.3 is 29.3 Å². The molecule has 3 heterocycles. The minimum absolute atomic E-state index is 0.148. The Bertz CT molecular complexity index is 2060. The van der Waals surface area contributed by atoms with Crippen LogP contribution < -0.4 is 14.2 Å². The summed E-state index contributed by atoms with van der Waals surface area (Å²) in [6.07, 6.45) is 7.76. The topological polar surface area (TPSA) is 145 Å². The van der Waals surface area contributed by atoms with Crippen LogP contribution in [0.3, 0.4) is 0 Å². The molecule has 56 heavy (non-hydrogen) atoms. The predicted octanol–water partition coefficient (Wildman–Crippen LogP) is 8.05. The van der Waals surface area contributed by atoms with Gasteiger partial charge in [0.25, 0.3) is 0 Å². The van der Waals surface area contributed by atoms with Crippen LogP contribution >= 0.6 is 11.6 Å². The number of ether oxygens (including phenoxy) is 3. The summed E-state index contributed by atoms with van der Waals surface area (Å²) in [4.78, 5) is 31.8. The number of rotatable bonds is 16. The first kappa shape index (κ1) is 40.5. The summed E-state index contributed by atoms with van der Waals surface area (Å²) in [5.74, 6) is 0.0277. The number of likely N-dealkylation sites (tertiary alicyclic amines) is 2. The summed E-state index contributed by atoms with van der Waals surface area (Å²) < 4.78 is 19.0. The zero-order valence-electron chi connectivity index (χ0n) is 32.0. The van der Waals surface area contributed by atoms with E-state index >= 15 is 0 Å². The molecule has 0 radical (unpaired) electrons. The number of hydrogen-bond acceptors (Lipinski definition) is 9. The minimum atomic E-state index is -0.840. The van der Waals surface area contributed by atoms with Crippen molar-refractivity contribution in [2.75, 3.05) is 32.8 Å². The van der Waals surface area contributed by atoms with Crippen LogP contribution in [0, 0.1) is 31.1 Å². The van der Waals surface area contributed by atoms with E-state index in [4.69, 9.17) is 25.8 Å².